The highest BCUT2D eigenvalue weighted by molar-refractivity contribution is 7.16. The average Bonchev–Trinajstić information content (AvgIpc) is 3.40. The van der Waals surface area contributed by atoms with Crippen LogP contribution in [0.2, 0.25) is 0 Å². The molecule has 1 aliphatic heterocycles. The first kappa shape index (κ1) is 19.8. The molecule has 0 N–H and O–H groups in total. The number of nitrogens with zero attached hydrogens (tertiary/aromatic N) is 6. The van der Waals surface area contributed by atoms with Crippen LogP contribution < -0.4 is 14.4 Å². The lowest BCUT2D eigenvalue weighted by atomic mass is 10.2. The van der Waals surface area contributed by atoms with E-state index in [1.54, 1.807) is 7.11 Å². The minimum absolute atomic E-state index is 0.365. The van der Waals surface area contributed by atoms with E-state index in [4.69, 9.17) is 9.47 Å². The number of ether oxygens (including phenoxy) is 2. The van der Waals surface area contributed by atoms with Gasteiger partial charge in [0, 0.05) is 31.9 Å². The Labute approximate surface area is 184 Å². The van der Waals surface area contributed by atoms with E-state index in [1.165, 1.54) is 17.0 Å². The monoisotopic (exact) mass is 436 g/mol. The number of para-hydroxylation sites is 3. The molecule has 2 aromatic carbocycles. The van der Waals surface area contributed by atoms with Gasteiger partial charge < -0.3 is 14.4 Å². The van der Waals surface area contributed by atoms with Gasteiger partial charge in [0.25, 0.3) is 0 Å². The lowest BCUT2D eigenvalue weighted by Crippen LogP contribution is -2.46. The highest BCUT2D eigenvalue weighted by Crippen LogP contribution is 2.27. The number of aromatic nitrogens is 4. The summed E-state index contributed by atoms with van der Waals surface area (Å²) in [4.78, 5) is 5.61. The van der Waals surface area contributed by atoms with Gasteiger partial charge in [-0.15, -0.1) is 10.2 Å². The van der Waals surface area contributed by atoms with Gasteiger partial charge in [-0.2, -0.15) is 9.61 Å². The molecule has 0 bridgehead atoms. The Bertz CT molecular complexity index is 1140. The summed E-state index contributed by atoms with van der Waals surface area (Å²) in [5, 5.41) is 14.2. The van der Waals surface area contributed by atoms with Gasteiger partial charge in [-0.3, -0.25) is 4.90 Å². The molecule has 9 heteroatoms. The second kappa shape index (κ2) is 8.91. The van der Waals surface area contributed by atoms with E-state index in [0.717, 1.165) is 48.5 Å². The molecule has 5 rings (SSSR count). The summed E-state index contributed by atoms with van der Waals surface area (Å²) in [5.74, 6) is 2.27. The molecule has 160 valence electrons. The van der Waals surface area contributed by atoms with Gasteiger partial charge in [-0.25, -0.2) is 0 Å². The average molecular weight is 437 g/mol. The second-order valence-corrected chi connectivity index (χ2v) is 8.39. The molecule has 0 aliphatic carbocycles. The molecular weight excluding hydrogens is 412 g/mol. The summed E-state index contributed by atoms with van der Waals surface area (Å²) in [6, 6.07) is 18.2. The van der Waals surface area contributed by atoms with Crippen molar-refractivity contribution in [2.75, 3.05) is 38.2 Å². The van der Waals surface area contributed by atoms with Crippen LogP contribution in [-0.4, -0.2) is 58.0 Å². The topological polar surface area (TPSA) is 68.0 Å². The molecule has 1 saturated heterocycles. The summed E-state index contributed by atoms with van der Waals surface area (Å²) < 4.78 is 13.1. The maximum Gasteiger partial charge on any atom is 0.234 e. The molecule has 31 heavy (non-hydrogen) atoms. The Kier molecular flexibility index (Phi) is 5.68. The van der Waals surface area contributed by atoms with Gasteiger partial charge in [0.2, 0.25) is 4.96 Å². The predicted molar refractivity (Wildman–Crippen MR) is 120 cm³/mol. The van der Waals surface area contributed by atoms with E-state index in [0.29, 0.717) is 18.1 Å². The minimum Gasteiger partial charge on any atom is -0.493 e. The molecule has 1 fully saturated rings. The summed E-state index contributed by atoms with van der Waals surface area (Å²) in [7, 11) is 1.64. The Morgan fingerprint density at radius 2 is 1.65 bits per heavy atom. The SMILES string of the molecule is COc1ccccc1OCc1nn2c(CN3CCN(c4ccccc4)CC3)nnc2s1. The number of rotatable bonds is 7. The summed E-state index contributed by atoms with van der Waals surface area (Å²) >= 11 is 1.50. The highest BCUT2D eigenvalue weighted by atomic mass is 32.1. The Morgan fingerprint density at radius 3 is 2.42 bits per heavy atom. The normalized spacial score (nSPS) is 14.8. The van der Waals surface area contributed by atoms with Crippen LogP contribution in [0.15, 0.2) is 54.6 Å². The van der Waals surface area contributed by atoms with Crippen LogP contribution in [0.1, 0.15) is 10.8 Å². The largest absolute Gasteiger partial charge is 0.493 e. The third kappa shape index (κ3) is 4.33. The molecule has 0 amide bonds. The minimum atomic E-state index is 0.365. The molecule has 1 aliphatic rings. The second-order valence-electron chi connectivity index (χ2n) is 7.34. The van der Waals surface area contributed by atoms with E-state index in [2.05, 4.69) is 55.4 Å². The number of methoxy groups -OCH3 is 1. The fourth-order valence-electron chi connectivity index (χ4n) is 3.73. The van der Waals surface area contributed by atoms with Gasteiger partial charge in [-0.1, -0.05) is 41.7 Å². The highest BCUT2D eigenvalue weighted by Gasteiger charge is 2.20. The van der Waals surface area contributed by atoms with Crippen molar-refractivity contribution >= 4 is 22.0 Å². The molecular formula is C22H24N6O2S. The van der Waals surface area contributed by atoms with E-state index >= 15 is 0 Å². The molecule has 4 aromatic rings. The third-order valence-corrected chi connectivity index (χ3v) is 6.25. The zero-order chi connectivity index (χ0) is 21.0. The summed E-state index contributed by atoms with van der Waals surface area (Å²) in [6.45, 7) is 5.07. The van der Waals surface area contributed by atoms with E-state index in [1.807, 2.05) is 28.8 Å². The van der Waals surface area contributed by atoms with E-state index in [9.17, 15) is 0 Å². The quantitative estimate of drug-likeness (QED) is 0.441. The number of piperazine rings is 1. The van der Waals surface area contributed by atoms with Crippen molar-refractivity contribution in [1.82, 2.24) is 24.7 Å². The molecule has 0 atom stereocenters. The summed E-state index contributed by atoms with van der Waals surface area (Å²) in [5.41, 5.74) is 1.28. The first-order valence-corrected chi connectivity index (χ1v) is 11.1. The van der Waals surface area contributed by atoms with Crippen LogP contribution in [0.25, 0.3) is 4.96 Å². The van der Waals surface area contributed by atoms with Crippen LogP contribution >= 0.6 is 11.3 Å². The summed E-state index contributed by atoms with van der Waals surface area (Å²) in [6.07, 6.45) is 0. The maximum absolute atomic E-state index is 5.90. The molecule has 0 spiro atoms. The third-order valence-electron chi connectivity index (χ3n) is 5.38. The zero-order valence-corrected chi connectivity index (χ0v) is 18.2. The van der Waals surface area contributed by atoms with Gasteiger partial charge >= 0.3 is 0 Å². The maximum atomic E-state index is 5.90. The molecule has 0 unspecified atom stereocenters. The standard InChI is InChI=1S/C22H24N6O2S/c1-29-18-9-5-6-10-19(18)30-16-21-25-28-20(23-24-22(28)31-21)15-26-11-13-27(14-12-26)17-7-3-2-4-8-17/h2-10H,11-16H2,1H3. The van der Waals surface area contributed by atoms with Gasteiger partial charge in [0.15, 0.2) is 22.3 Å². The number of benzene rings is 2. The van der Waals surface area contributed by atoms with Crippen molar-refractivity contribution < 1.29 is 9.47 Å². The molecule has 0 radical (unpaired) electrons. The Hall–Kier alpha value is -3.17. The number of anilines is 1. The number of hydrogen-bond acceptors (Lipinski definition) is 8. The van der Waals surface area contributed by atoms with Crippen molar-refractivity contribution in [3.8, 4) is 11.5 Å². The van der Waals surface area contributed by atoms with Crippen LogP contribution in [0.5, 0.6) is 11.5 Å². The van der Waals surface area contributed by atoms with Crippen molar-refractivity contribution in [1.29, 1.82) is 0 Å². The first-order valence-electron chi connectivity index (χ1n) is 10.3. The van der Waals surface area contributed by atoms with Gasteiger partial charge in [0.05, 0.1) is 13.7 Å². The van der Waals surface area contributed by atoms with E-state index in [-0.39, 0.29) is 0 Å². The van der Waals surface area contributed by atoms with Crippen molar-refractivity contribution in [2.24, 2.45) is 0 Å². The van der Waals surface area contributed by atoms with E-state index < -0.39 is 0 Å². The Balaban J connectivity index is 1.21. The van der Waals surface area contributed by atoms with Crippen LogP contribution in [0.3, 0.4) is 0 Å². The Morgan fingerprint density at radius 1 is 0.903 bits per heavy atom. The number of fused-ring (bicyclic) bond motifs is 1. The lowest BCUT2D eigenvalue weighted by molar-refractivity contribution is 0.242. The van der Waals surface area contributed by atoms with Crippen LogP contribution in [0.4, 0.5) is 5.69 Å². The van der Waals surface area contributed by atoms with Crippen molar-refractivity contribution in [2.45, 2.75) is 13.2 Å². The van der Waals surface area contributed by atoms with Crippen LogP contribution in [0, 0.1) is 0 Å². The fraction of sp³-hybridized carbons (Fsp3) is 0.318. The zero-order valence-electron chi connectivity index (χ0n) is 17.3. The van der Waals surface area contributed by atoms with Crippen LogP contribution in [-0.2, 0) is 13.2 Å². The lowest BCUT2D eigenvalue weighted by Gasteiger charge is -2.35. The molecule has 8 nitrogen and oxygen atoms in total. The molecule has 2 aromatic heterocycles. The van der Waals surface area contributed by atoms with Gasteiger partial charge in [0.1, 0.15) is 6.61 Å². The molecule has 3 heterocycles. The molecule has 0 saturated carbocycles. The van der Waals surface area contributed by atoms with Crippen molar-refractivity contribution in [3.63, 3.8) is 0 Å². The number of hydrogen-bond donors (Lipinski definition) is 0. The predicted octanol–water partition coefficient (Wildman–Crippen LogP) is 3.10. The fourth-order valence-corrected chi connectivity index (χ4v) is 4.50. The van der Waals surface area contributed by atoms with Gasteiger partial charge in [-0.05, 0) is 24.3 Å². The first-order chi connectivity index (χ1) is 15.3. The van der Waals surface area contributed by atoms with Crippen molar-refractivity contribution in [3.05, 3.63) is 65.4 Å². The smallest absolute Gasteiger partial charge is 0.234 e.